The van der Waals surface area contributed by atoms with E-state index in [1.807, 2.05) is 0 Å². The maximum absolute atomic E-state index is 12.9. The molecule has 7 nitrogen and oxygen atoms in total. The lowest BCUT2D eigenvalue weighted by molar-refractivity contribution is -0.137. The molecule has 0 unspecified atom stereocenters. The summed E-state index contributed by atoms with van der Waals surface area (Å²) in [6.45, 7) is -0.00332. The number of nitrogens with one attached hydrogen (secondary N) is 2. The number of hydrogen-bond donors (Lipinski definition) is 3. The van der Waals surface area contributed by atoms with Gasteiger partial charge in [0.05, 0.1) is 24.9 Å². The van der Waals surface area contributed by atoms with E-state index in [1.165, 1.54) is 23.9 Å². The molecule has 160 valence electrons. The first-order chi connectivity index (χ1) is 14.7. The Bertz CT molecular complexity index is 1110. The van der Waals surface area contributed by atoms with Crippen LogP contribution in [0.25, 0.3) is 16.9 Å². The van der Waals surface area contributed by atoms with Crippen molar-refractivity contribution < 1.29 is 22.7 Å². The van der Waals surface area contributed by atoms with Crippen molar-refractivity contribution in [3.05, 3.63) is 54.1 Å². The quantitative estimate of drug-likeness (QED) is 0.536. The molecule has 0 aliphatic carbocycles. The predicted molar refractivity (Wildman–Crippen MR) is 111 cm³/mol. The molecule has 0 saturated heterocycles. The van der Waals surface area contributed by atoms with Crippen LogP contribution in [0, 0.1) is 12.3 Å². The van der Waals surface area contributed by atoms with Crippen molar-refractivity contribution in [3.63, 3.8) is 0 Å². The minimum absolute atomic E-state index is 0.00332. The summed E-state index contributed by atoms with van der Waals surface area (Å²) in [6.07, 6.45) is 0.678. The maximum atomic E-state index is 12.9. The summed E-state index contributed by atoms with van der Waals surface area (Å²) in [6, 6.07) is 10.6. The van der Waals surface area contributed by atoms with Gasteiger partial charge in [-0.2, -0.15) is 18.3 Å². The molecule has 0 radical (unpaired) electrons. The Morgan fingerprint density at radius 1 is 1.19 bits per heavy atom. The fraction of sp³-hybridized carbons (Fsp3) is 0.143. The molecule has 0 saturated carbocycles. The Morgan fingerprint density at radius 3 is 2.39 bits per heavy atom. The summed E-state index contributed by atoms with van der Waals surface area (Å²) in [5, 5.41) is 9.47. The molecular formula is C21H18F3N5O2. The fourth-order valence-corrected chi connectivity index (χ4v) is 2.78. The maximum Gasteiger partial charge on any atom is 0.416 e. The van der Waals surface area contributed by atoms with E-state index < -0.39 is 17.8 Å². The van der Waals surface area contributed by atoms with Crippen LogP contribution in [-0.4, -0.2) is 29.5 Å². The molecule has 3 aromatic rings. The van der Waals surface area contributed by atoms with Crippen molar-refractivity contribution in [2.24, 2.45) is 0 Å². The van der Waals surface area contributed by atoms with E-state index in [4.69, 9.17) is 16.9 Å². The Labute approximate surface area is 176 Å². The van der Waals surface area contributed by atoms with Crippen LogP contribution in [0.2, 0.25) is 0 Å². The first-order valence-electron chi connectivity index (χ1n) is 8.93. The third kappa shape index (κ3) is 4.72. The molecule has 0 aliphatic rings. The molecule has 1 heterocycles. The number of rotatable bonds is 5. The Hall–Kier alpha value is -4.13. The van der Waals surface area contributed by atoms with Gasteiger partial charge < -0.3 is 21.1 Å². The zero-order valence-corrected chi connectivity index (χ0v) is 16.3. The highest BCUT2D eigenvalue weighted by Crippen LogP contribution is 2.35. The van der Waals surface area contributed by atoms with Gasteiger partial charge in [-0.05, 0) is 48.5 Å². The first kappa shape index (κ1) is 21.6. The third-order valence-electron chi connectivity index (χ3n) is 4.31. The van der Waals surface area contributed by atoms with Crippen molar-refractivity contribution in [1.82, 2.24) is 15.1 Å². The summed E-state index contributed by atoms with van der Waals surface area (Å²) in [4.78, 5) is 12.2. The van der Waals surface area contributed by atoms with Crippen molar-refractivity contribution in [2.45, 2.75) is 6.18 Å². The van der Waals surface area contributed by atoms with Gasteiger partial charge in [-0.15, -0.1) is 6.42 Å². The molecule has 0 spiro atoms. The molecular weight excluding hydrogens is 411 g/mol. The second-order valence-electron chi connectivity index (χ2n) is 6.31. The number of nitrogen functional groups attached to an aromatic ring is 1. The lowest BCUT2D eigenvalue weighted by Crippen LogP contribution is -2.29. The van der Waals surface area contributed by atoms with Crippen molar-refractivity contribution >= 4 is 17.5 Å². The van der Waals surface area contributed by atoms with Crippen LogP contribution in [0.4, 0.5) is 29.5 Å². The largest absolute Gasteiger partial charge is 0.497 e. The SMILES string of the molecule is C#CCNC(=O)Nc1c(-c2ccc(OC)cc2)nn(-c2ccc(C(F)(F)F)cc2)c1N. The number of alkyl halides is 3. The van der Waals surface area contributed by atoms with Crippen LogP contribution < -0.4 is 21.1 Å². The molecule has 31 heavy (non-hydrogen) atoms. The van der Waals surface area contributed by atoms with Crippen molar-refractivity contribution in [3.8, 4) is 35.0 Å². The Morgan fingerprint density at radius 2 is 1.84 bits per heavy atom. The van der Waals surface area contributed by atoms with E-state index >= 15 is 0 Å². The van der Waals surface area contributed by atoms with Crippen LogP contribution in [-0.2, 0) is 6.18 Å². The predicted octanol–water partition coefficient (Wildman–Crippen LogP) is 3.90. The zero-order chi connectivity index (χ0) is 22.6. The highest BCUT2D eigenvalue weighted by molar-refractivity contribution is 5.97. The number of nitrogens with zero attached hydrogens (tertiary/aromatic N) is 2. The first-order valence-corrected chi connectivity index (χ1v) is 8.93. The molecule has 0 fully saturated rings. The molecule has 1 aromatic heterocycles. The zero-order valence-electron chi connectivity index (χ0n) is 16.3. The van der Waals surface area contributed by atoms with E-state index in [1.54, 1.807) is 24.3 Å². The van der Waals surface area contributed by atoms with E-state index in [-0.39, 0.29) is 23.7 Å². The number of terminal acetylenes is 1. The summed E-state index contributed by atoms with van der Waals surface area (Å²) < 4.78 is 45.0. The van der Waals surface area contributed by atoms with Gasteiger partial charge in [0.25, 0.3) is 0 Å². The molecule has 2 aromatic carbocycles. The molecule has 3 rings (SSSR count). The van der Waals surface area contributed by atoms with Crippen molar-refractivity contribution in [2.75, 3.05) is 24.7 Å². The van der Waals surface area contributed by atoms with E-state index in [0.717, 1.165) is 12.1 Å². The summed E-state index contributed by atoms with van der Waals surface area (Å²) >= 11 is 0. The number of nitrogens with two attached hydrogens (primary N) is 1. The van der Waals surface area contributed by atoms with E-state index in [0.29, 0.717) is 17.0 Å². The molecule has 0 aliphatic heterocycles. The summed E-state index contributed by atoms with van der Waals surface area (Å²) in [5.74, 6) is 2.92. The van der Waals surface area contributed by atoms with Gasteiger partial charge in [-0.3, -0.25) is 0 Å². The Kier molecular flexibility index (Phi) is 6.06. The lowest BCUT2D eigenvalue weighted by atomic mass is 10.1. The smallest absolute Gasteiger partial charge is 0.416 e. The van der Waals surface area contributed by atoms with Gasteiger partial charge in [-0.25, -0.2) is 9.48 Å². The van der Waals surface area contributed by atoms with E-state index in [2.05, 4.69) is 21.7 Å². The number of urea groups is 1. The summed E-state index contributed by atoms with van der Waals surface area (Å²) in [7, 11) is 1.52. The standard InChI is InChI=1S/C21H18F3N5O2/c1-3-12-26-20(30)27-18-17(13-4-10-16(31-2)11-5-13)28-29(19(18)25)15-8-6-14(7-9-15)21(22,23)24/h1,4-11H,12,25H2,2H3,(H2,26,27,30). The minimum Gasteiger partial charge on any atom is -0.497 e. The second kappa shape index (κ2) is 8.71. The van der Waals surface area contributed by atoms with Crippen LogP contribution in [0.15, 0.2) is 48.5 Å². The summed E-state index contributed by atoms with van der Waals surface area (Å²) in [5.41, 5.74) is 6.79. The second-order valence-corrected chi connectivity index (χ2v) is 6.31. The minimum atomic E-state index is -4.47. The topological polar surface area (TPSA) is 94.2 Å². The Balaban J connectivity index is 2.06. The number of carbonyl (C=O) groups is 1. The highest BCUT2D eigenvalue weighted by atomic mass is 19.4. The number of benzene rings is 2. The van der Waals surface area contributed by atoms with Crippen LogP contribution >= 0.6 is 0 Å². The number of carbonyl (C=O) groups excluding carboxylic acids is 1. The highest BCUT2D eigenvalue weighted by Gasteiger charge is 2.30. The van der Waals surface area contributed by atoms with Gasteiger partial charge in [0.1, 0.15) is 17.1 Å². The normalized spacial score (nSPS) is 10.9. The third-order valence-corrected chi connectivity index (χ3v) is 4.31. The van der Waals surface area contributed by atoms with Gasteiger partial charge in [0.15, 0.2) is 5.82 Å². The van der Waals surface area contributed by atoms with Crippen molar-refractivity contribution in [1.29, 1.82) is 0 Å². The molecule has 0 bridgehead atoms. The van der Waals surface area contributed by atoms with Gasteiger partial charge >= 0.3 is 12.2 Å². The van der Waals surface area contributed by atoms with Crippen LogP contribution in [0.1, 0.15) is 5.56 Å². The fourth-order valence-electron chi connectivity index (χ4n) is 2.78. The lowest BCUT2D eigenvalue weighted by Gasteiger charge is -2.09. The van der Waals surface area contributed by atoms with Gasteiger partial charge in [-0.1, -0.05) is 5.92 Å². The molecule has 0 atom stereocenters. The monoisotopic (exact) mass is 429 g/mol. The molecule has 10 heteroatoms. The number of ether oxygens (including phenoxy) is 1. The van der Waals surface area contributed by atoms with Gasteiger partial charge in [0.2, 0.25) is 0 Å². The number of hydrogen-bond acceptors (Lipinski definition) is 4. The van der Waals surface area contributed by atoms with Gasteiger partial charge in [0, 0.05) is 5.56 Å². The average Bonchev–Trinajstić information content (AvgIpc) is 3.08. The van der Waals surface area contributed by atoms with Crippen LogP contribution in [0.5, 0.6) is 5.75 Å². The number of anilines is 2. The number of amides is 2. The molecule has 2 amide bonds. The molecule has 4 N–H and O–H groups in total. The number of halogens is 3. The number of aromatic nitrogens is 2. The van der Waals surface area contributed by atoms with Crippen LogP contribution in [0.3, 0.4) is 0 Å². The number of methoxy groups -OCH3 is 1. The average molecular weight is 429 g/mol. The van der Waals surface area contributed by atoms with E-state index in [9.17, 15) is 18.0 Å².